The molecule has 10 nitrogen and oxygen atoms in total. The number of nitrogens with one attached hydrogen (secondary N) is 1. The van der Waals surface area contributed by atoms with Gasteiger partial charge in [0.1, 0.15) is 23.9 Å². The van der Waals surface area contributed by atoms with E-state index >= 15 is 0 Å². The van der Waals surface area contributed by atoms with Gasteiger partial charge in [-0.2, -0.15) is 0 Å². The lowest BCUT2D eigenvalue weighted by Crippen LogP contribution is -2.58. The summed E-state index contributed by atoms with van der Waals surface area (Å²) in [6.45, 7) is 0.392. The topological polar surface area (TPSA) is 159 Å². The molecule has 0 radical (unpaired) electrons. The molecule has 4 atom stereocenters. The Balaban J connectivity index is 1.47. The van der Waals surface area contributed by atoms with E-state index < -0.39 is 36.0 Å². The monoisotopic (exact) mass is 539 g/mol. The zero-order valence-corrected chi connectivity index (χ0v) is 21.8. The van der Waals surface area contributed by atoms with Crippen LogP contribution in [-0.4, -0.2) is 80.9 Å². The molecule has 2 saturated heterocycles. The molecule has 0 aromatic heterocycles. The molecule has 0 saturated carbocycles. The first-order valence-corrected chi connectivity index (χ1v) is 13.8. The smallest absolute Gasteiger partial charge is 0.246 e. The lowest BCUT2D eigenvalue weighted by Gasteiger charge is -2.30. The summed E-state index contributed by atoms with van der Waals surface area (Å²) in [6, 6.07) is 12.5. The molecule has 2 aliphatic heterocycles. The van der Waals surface area contributed by atoms with E-state index in [0.717, 1.165) is 11.1 Å². The van der Waals surface area contributed by atoms with Crippen LogP contribution >= 0.6 is 11.8 Å². The first-order chi connectivity index (χ1) is 18.2. The Morgan fingerprint density at radius 2 is 1.63 bits per heavy atom. The van der Waals surface area contributed by atoms with E-state index in [1.54, 1.807) is 12.1 Å². The lowest BCUT2D eigenvalue weighted by molar-refractivity contribution is -0.143. The molecule has 0 aliphatic carbocycles. The van der Waals surface area contributed by atoms with Crippen LogP contribution in [0.3, 0.4) is 0 Å². The maximum atomic E-state index is 13.5. The van der Waals surface area contributed by atoms with E-state index in [0.29, 0.717) is 31.0 Å². The molecule has 2 heterocycles. The minimum Gasteiger partial charge on any atom is -0.508 e. The highest BCUT2D eigenvalue weighted by molar-refractivity contribution is 7.99. The van der Waals surface area contributed by atoms with Crippen molar-refractivity contribution >= 4 is 35.4 Å². The number of carbonyl (C=O) groups is 4. The summed E-state index contributed by atoms with van der Waals surface area (Å²) in [5, 5.41) is 12.3. The third-order valence-electron chi connectivity index (χ3n) is 6.94. The summed E-state index contributed by atoms with van der Waals surface area (Å²) in [6.07, 6.45) is 1.65. The highest BCUT2D eigenvalue weighted by Gasteiger charge is 2.40. The Bertz CT molecular complexity index is 1160. The molecule has 2 aliphatic rings. The Labute approximate surface area is 225 Å². The number of likely N-dealkylation sites (tertiary alicyclic amines) is 1. The molecule has 38 heavy (non-hydrogen) atoms. The van der Waals surface area contributed by atoms with Crippen molar-refractivity contribution in [2.75, 3.05) is 18.2 Å². The molecule has 11 heteroatoms. The predicted octanol–water partition coefficient (Wildman–Crippen LogP) is 0.367. The molecule has 2 aromatic rings. The van der Waals surface area contributed by atoms with E-state index in [9.17, 15) is 24.3 Å². The van der Waals surface area contributed by atoms with Crippen molar-refractivity contribution in [3.63, 3.8) is 0 Å². The van der Waals surface area contributed by atoms with E-state index in [1.165, 1.54) is 33.7 Å². The number of amides is 4. The number of carbonyl (C=O) groups excluding carboxylic acids is 4. The third kappa shape index (κ3) is 6.46. The van der Waals surface area contributed by atoms with Gasteiger partial charge in [0, 0.05) is 18.7 Å². The molecule has 1 unspecified atom stereocenters. The van der Waals surface area contributed by atoms with Gasteiger partial charge in [-0.05, 0) is 42.5 Å². The van der Waals surface area contributed by atoms with Crippen LogP contribution in [0.15, 0.2) is 54.6 Å². The SMILES string of the molecule is NC(=O)[C@@H]1CCCN1C(=O)[C@H](Cc1ccccc1)NC(=O)C1CSCN1C(=O)[C@@H](N)Cc1ccc(O)cc1. The fourth-order valence-corrected chi connectivity index (χ4v) is 6.07. The van der Waals surface area contributed by atoms with Gasteiger partial charge in [0.2, 0.25) is 23.6 Å². The van der Waals surface area contributed by atoms with Crippen LogP contribution in [0.4, 0.5) is 0 Å². The summed E-state index contributed by atoms with van der Waals surface area (Å²) in [7, 11) is 0. The fourth-order valence-electron chi connectivity index (χ4n) is 4.91. The van der Waals surface area contributed by atoms with Gasteiger partial charge in [-0.1, -0.05) is 42.5 Å². The molecule has 0 spiro atoms. The molecular formula is C27H33N5O5S. The maximum Gasteiger partial charge on any atom is 0.246 e. The number of hydrogen-bond donors (Lipinski definition) is 4. The van der Waals surface area contributed by atoms with Gasteiger partial charge in [0.05, 0.1) is 11.9 Å². The van der Waals surface area contributed by atoms with Gasteiger partial charge < -0.3 is 31.7 Å². The Morgan fingerprint density at radius 1 is 0.947 bits per heavy atom. The second-order valence-electron chi connectivity index (χ2n) is 9.64. The zero-order valence-electron chi connectivity index (χ0n) is 21.0. The summed E-state index contributed by atoms with van der Waals surface area (Å²) in [5.41, 5.74) is 13.4. The number of nitrogens with zero attached hydrogens (tertiary/aromatic N) is 2. The Hall–Kier alpha value is -3.57. The minimum atomic E-state index is -0.918. The molecule has 2 fully saturated rings. The average molecular weight is 540 g/mol. The number of phenolic OH excluding ortho intramolecular Hbond substituents is 1. The summed E-state index contributed by atoms with van der Waals surface area (Å²) >= 11 is 1.44. The number of thioether (sulfide) groups is 1. The number of primary amides is 1. The van der Waals surface area contributed by atoms with Crippen molar-refractivity contribution < 1.29 is 24.3 Å². The quantitative estimate of drug-likeness (QED) is 0.358. The van der Waals surface area contributed by atoms with Gasteiger partial charge in [-0.25, -0.2) is 0 Å². The van der Waals surface area contributed by atoms with E-state index in [4.69, 9.17) is 11.5 Å². The number of aromatic hydroxyl groups is 1. The van der Waals surface area contributed by atoms with E-state index in [-0.39, 0.29) is 30.4 Å². The van der Waals surface area contributed by atoms with Crippen LogP contribution < -0.4 is 16.8 Å². The normalized spacial score (nSPS) is 20.7. The molecular weight excluding hydrogens is 506 g/mol. The second kappa shape index (κ2) is 12.3. The van der Waals surface area contributed by atoms with Crippen LogP contribution in [0.2, 0.25) is 0 Å². The van der Waals surface area contributed by atoms with E-state index in [1.807, 2.05) is 30.3 Å². The summed E-state index contributed by atoms with van der Waals surface area (Å²) in [4.78, 5) is 55.0. The minimum absolute atomic E-state index is 0.122. The van der Waals surface area contributed by atoms with Gasteiger partial charge >= 0.3 is 0 Å². The number of hydrogen-bond acceptors (Lipinski definition) is 7. The van der Waals surface area contributed by atoms with Crippen molar-refractivity contribution in [1.29, 1.82) is 0 Å². The molecule has 4 amide bonds. The molecule has 6 N–H and O–H groups in total. The highest BCUT2D eigenvalue weighted by Crippen LogP contribution is 2.24. The largest absolute Gasteiger partial charge is 0.508 e. The van der Waals surface area contributed by atoms with Crippen molar-refractivity contribution in [2.45, 2.75) is 49.9 Å². The predicted molar refractivity (Wildman–Crippen MR) is 144 cm³/mol. The van der Waals surface area contributed by atoms with Gasteiger partial charge in [-0.3, -0.25) is 19.2 Å². The standard InChI is InChI=1S/C27H33N5O5S/c28-20(13-18-8-10-19(33)11-9-18)26(36)32-16-38-15-23(32)25(35)30-21(14-17-5-2-1-3-6-17)27(37)31-12-4-7-22(31)24(29)34/h1-3,5-6,8-11,20-23,33H,4,7,12-16,28H2,(H2,29,34)(H,30,35)/t20-,21-,22-,23?/m0/s1. The fraction of sp³-hybridized carbons (Fsp3) is 0.407. The van der Waals surface area contributed by atoms with Gasteiger partial charge in [-0.15, -0.1) is 11.8 Å². The Morgan fingerprint density at radius 3 is 2.32 bits per heavy atom. The third-order valence-corrected chi connectivity index (χ3v) is 7.95. The second-order valence-corrected chi connectivity index (χ2v) is 10.6. The maximum absolute atomic E-state index is 13.5. The summed E-state index contributed by atoms with van der Waals surface area (Å²) < 4.78 is 0. The van der Waals surface area contributed by atoms with Crippen molar-refractivity contribution in [3.8, 4) is 5.75 Å². The van der Waals surface area contributed by atoms with Gasteiger partial charge in [0.15, 0.2) is 0 Å². The van der Waals surface area contributed by atoms with Crippen molar-refractivity contribution in [3.05, 3.63) is 65.7 Å². The highest BCUT2D eigenvalue weighted by atomic mass is 32.2. The number of nitrogens with two attached hydrogens (primary N) is 2. The number of rotatable bonds is 9. The van der Waals surface area contributed by atoms with Crippen LogP contribution in [0, 0.1) is 0 Å². The van der Waals surface area contributed by atoms with Crippen molar-refractivity contribution in [1.82, 2.24) is 15.1 Å². The number of phenols is 1. The first kappa shape index (κ1) is 27.5. The average Bonchev–Trinajstić information content (AvgIpc) is 3.60. The van der Waals surface area contributed by atoms with Crippen LogP contribution in [0.1, 0.15) is 24.0 Å². The number of benzene rings is 2. The molecule has 2 aromatic carbocycles. The van der Waals surface area contributed by atoms with Gasteiger partial charge in [0.25, 0.3) is 0 Å². The van der Waals surface area contributed by atoms with Crippen LogP contribution in [-0.2, 0) is 32.0 Å². The molecule has 202 valence electrons. The Kier molecular flexibility index (Phi) is 8.90. The first-order valence-electron chi connectivity index (χ1n) is 12.6. The van der Waals surface area contributed by atoms with Crippen LogP contribution in [0.5, 0.6) is 5.75 Å². The summed E-state index contributed by atoms with van der Waals surface area (Å²) in [5.74, 6) is -0.913. The van der Waals surface area contributed by atoms with E-state index in [2.05, 4.69) is 5.32 Å². The molecule has 4 rings (SSSR count). The lowest BCUT2D eigenvalue weighted by atomic mass is 10.0. The van der Waals surface area contributed by atoms with Crippen LogP contribution in [0.25, 0.3) is 0 Å². The van der Waals surface area contributed by atoms with Crippen molar-refractivity contribution in [2.24, 2.45) is 11.5 Å². The molecule has 0 bridgehead atoms. The zero-order chi connectivity index (χ0) is 27.2.